The van der Waals surface area contributed by atoms with Gasteiger partial charge < -0.3 is 4.74 Å². The first-order valence-electron chi connectivity index (χ1n) is 3.27. The zero-order valence-corrected chi connectivity index (χ0v) is 7.75. The standard InChI is InChI=1S/C9H10O2Si/c1-8(6-11-9(2)10)7-12(3,4)5/h2-5H,1,6-7H2. The van der Waals surface area contributed by atoms with E-state index in [4.69, 9.17) is 26.6 Å². The molecule has 0 rings (SSSR count). The molecule has 0 N–H and O–H groups in total. The highest BCUT2D eigenvalue weighted by molar-refractivity contribution is 6.85. The Morgan fingerprint density at radius 1 is 1.42 bits per heavy atom. The fraction of sp³-hybridized carbons (Fsp3) is 0.222. The van der Waals surface area contributed by atoms with Crippen molar-refractivity contribution >= 4 is 14.0 Å². The third-order valence-corrected chi connectivity index (χ3v) is 2.09. The third kappa shape index (κ3) is 7.53. The molecule has 62 valence electrons. The van der Waals surface area contributed by atoms with Crippen LogP contribution in [0.4, 0.5) is 0 Å². The summed E-state index contributed by atoms with van der Waals surface area (Å²) in [6, 6.07) is 0.306. The van der Waals surface area contributed by atoms with Gasteiger partial charge in [0.05, 0.1) is 15.0 Å². The highest BCUT2D eigenvalue weighted by Crippen LogP contribution is 2.12. The SMILES string of the molecule is [CH]C(=O)OCC(=C)C[Si]([CH])([CH])[CH]. The summed E-state index contributed by atoms with van der Waals surface area (Å²) >= 11 is 0. The minimum Gasteiger partial charge on any atom is -0.461 e. The first-order valence-corrected chi connectivity index (χ1v) is 5.70. The smallest absolute Gasteiger partial charge is 0.311 e. The van der Waals surface area contributed by atoms with Crippen LogP contribution < -0.4 is 0 Å². The molecule has 0 amide bonds. The van der Waals surface area contributed by atoms with Crippen LogP contribution in [-0.2, 0) is 9.53 Å². The van der Waals surface area contributed by atoms with E-state index < -0.39 is 14.0 Å². The van der Waals surface area contributed by atoms with Crippen molar-refractivity contribution in [1.82, 2.24) is 0 Å². The molecule has 0 spiro atoms. The average molecular weight is 178 g/mol. The van der Waals surface area contributed by atoms with Crippen LogP contribution in [0.25, 0.3) is 0 Å². The Kier molecular flexibility index (Phi) is 4.24. The van der Waals surface area contributed by atoms with Gasteiger partial charge in [0.15, 0.2) is 0 Å². The lowest BCUT2D eigenvalue weighted by Crippen LogP contribution is -2.24. The number of rotatable bonds is 4. The molecule has 0 aliphatic rings. The van der Waals surface area contributed by atoms with Crippen LogP contribution in [0.1, 0.15) is 0 Å². The molecule has 0 aliphatic heterocycles. The molecule has 0 fully saturated rings. The Balaban J connectivity index is 3.68. The van der Waals surface area contributed by atoms with Crippen LogP contribution in [0.15, 0.2) is 12.2 Å². The van der Waals surface area contributed by atoms with Crippen molar-refractivity contribution in [2.45, 2.75) is 6.04 Å². The number of esters is 1. The Hall–Kier alpha value is -0.573. The van der Waals surface area contributed by atoms with Crippen LogP contribution in [0.3, 0.4) is 0 Å². The normalized spacial score (nSPS) is 11.0. The summed E-state index contributed by atoms with van der Waals surface area (Å²) in [5.41, 5.74) is 0.577. The van der Waals surface area contributed by atoms with E-state index >= 15 is 0 Å². The first kappa shape index (κ1) is 11.4. The fourth-order valence-electron chi connectivity index (χ4n) is 0.657. The van der Waals surface area contributed by atoms with E-state index in [1.54, 1.807) is 0 Å². The number of hydrogen-bond acceptors (Lipinski definition) is 2. The Morgan fingerprint density at radius 2 is 1.92 bits per heavy atom. The minimum atomic E-state index is -2.62. The van der Waals surface area contributed by atoms with Crippen LogP contribution in [0.5, 0.6) is 0 Å². The van der Waals surface area contributed by atoms with E-state index in [1.165, 1.54) is 0 Å². The second kappa shape index (κ2) is 4.45. The molecule has 2 nitrogen and oxygen atoms in total. The van der Waals surface area contributed by atoms with Crippen molar-refractivity contribution < 1.29 is 9.53 Å². The highest BCUT2D eigenvalue weighted by Gasteiger charge is 2.15. The van der Waals surface area contributed by atoms with Gasteiger partial charge in [0, 0.05) is 0 Å². The molecule has 8 radical (unpaired) electrons. The van der Waals surface area contributed by atoms with Crippen LogP contribution in [-0.4, -0.2) is 20.7 Å². The van der Waals surface area contributed by atoms with Crippen molar-refractivity contribution in [3.63, 3.8) is 0 Å². The zero-order valence-electron chi connectivity index (χ0n) is 6.75. The average Bonchev–Trinajstić information content (AvgIpc) is 1.79. The molecule has 0 atom stereocenters. The van der Waals surface area contributed by atoms with Gasteiger partial charge in [0.1, 0.15) is 6.61 Å². The number of hydrogen-bond donors (Lipinski definition) is 0. The molecule has 0 aromatic heterocycles. The summed E-state index contributed by atoms with van der Waals surface area (Å²) in [7, 11) is -2.62. The van der Waals surface area contributed by atoms with E-state index in [-0.39, 0.29) is 6.61 Å². The lowest BCUT2D eigenvalue weighted by atomic mass is 10.4. The molecule has 0 aromatic carbocycles. The monoisotopic (exact) mass is 178 g/mol. The van der Waals surface area contributed by atoms with E-state index in [1.807, 2.05) is 0 Å². The predicted octanol–water partition coefficient (Wildman–Crippen LogP) is 0.997. The number of carbonyl (C=O) groups is 1. The zero-order chi connectivity index (χ0) is 9.78. The maximum Gasteiger partial charge on any atom is 0.311 e. The van der Waals surface area contributed by atoms with Gasteiger partial charge in [-0.2, -0.15) is 0 Å². The number of ether oxygens (including phenoxy) is 1. The summed E-state index contributed by atoms with van der Waals surface area (Å²) < 4.78 is 4.44. The molecule has 0 bridgehead atoms. The minimum absolute atomic E-state index is 0.0235. The quantitative estimate of drug-likeness (QED) is 0.364. The van der Waals surface area contributed by atoms with Gasteiger partial charge in [-0.15, -0.1) is 0 Å². The molecule has 0 aromatic rings. The highest BCUT2D eigenvalue weighted by atomic mass is 28.3. The molecule has 3 heteroatoms. The topological polar surface area (TPSA) is 26.3 Å². The Bertz CT molecular complexity index is 179. The van der Waals surface area contributed by atoms with Crippen molar-refractivity contribution in [2.24, 2.45) is 0 Å². The Labute approximate surface area is 75.6 Å². The largest absolute Gasteiger partial charge is 0.461 e. The Morgan fingerprint density at radius 3 is 2.25 bits per heavy atom. The summed E-state index contributed by atoms with van der Waals surface area (Å²) in [5.74, 6) is -0.852. The summed E-state index contributed by atoms with van der Waals surface area (Å²) in [6.45, 7) is 24.5. The van der Waals surface area contributed by atoms with Crippen LogP contribution in [0.2, 0.25) is 6.04 Å². The van der Waals surface area contributed by atoms with E-state index in [2.05, 4.69) is 11.3 Å². The maximum absolute atomic E-state index is 10.1. The summed E-state index contributed by atoms with van der Waals surface area (Å²) in [5, 5.41) is 0. The van der Waals surface area contributed by atoms with E-state index in [0.717, 1.165) is 0 Å². The van der Waals surface area contributed by atoms with Crippen molar-refractivity contribution in [2.75, 3.05) is 6.61 Å². The van der Waals surface area contributed by atoms with Gasteiger partial charge in [0.2, 0.25) is 0 Å². The third-order valence-electron chi connectivity index (χ3n) is 0.975. The lowest BCUT2D eigenvalue weighted by Gasteiger charge is -2.15. The van der Waals surface area contributed by atoms with Gasteiger partial charge in [-0.25, -0.2) is 0 Å². The molecule has 0 aliphatic carbocycles. The van der Waals surface area contributed by atoms with Crippen molar-refractivity contribution in [1.29, 1.82) is 0 Å². The molecular formula is C9H10O2Si. The first-order chi connectivity index (χ1) is 5.31. The lowest BCUT2D eigenvalue weighted by molar-refractivity contribution is -0.137. The van der Waals surface area contributed by atoms with Crippen molar-refractivity contribution in [3.05, 3.63) is 38.7 Å². The van der Waals surface area contributed by atoms with Crippen molar-refractivity contribution in [3.8, 4) is 0 Å². The van der Waals surface area contributed by atoms with Crippen LogP contribution >= 0.6 is 0 Å². The summed E-state index contributed by atoms with van der Waals surface area (Å²) in [4.78, 5) is 10.1. The van der Waals surface area contributed by atoms with E-state index in [0.29, 0.717) is 11.6 Å². The van der Waals surface area contributed by atoms with Gasteiger partial charge >= 0.3 is 5.97 Å². The predicted molar refractivity (Wildman–Crippen MR) is 47.9 cm³/mol. The summed E-state index contributed by atoms with van der Waals surface area (Å²) in [6.07, 6.45) is 0. The van der Waals surface area contributed by atoms with Gasteiger partial charge in [-0.1, -0.05) is 6.58 Å². The van der Waals surface area contributed by atoms with Gasteiger partial charge in [-0.3, -0.25) is 4.79 Å². The molecule has 12 heavy (non-hydrogen) atoms. The van der Waals surface area contributed by atoms with Gasteiger partial charge in [0.25, 0.3) is 0 Å². The molecule has 0 unspecified atom stereocenters. The number of carbonyl (C=O) groups excluding carboxylic acids is 1. The van der Waals surface area contributed by atoms with E-state index in [9.17, 15) is 4.79 Å². The maximum atomic E-state index is 10.1. The molecule has 0 saturated heterocycles. The van der Waals surface area contributed by atoms with Crippen LogP contribution in [0, 0.1) is 26.6 Å². The fourth-order valence-corrected chi connectivity index (χ4v) is 1.63. The second-order valence-corrected chi connectivity index (χ2v) is 5.23. The molecule has 0 saturated carbocycles. The molecular weight excluding hydrogens is 168 g/mol. The second-order valence-electron chi connectivity index (χ2n) is 2.65. The van der Waals surface area contributed by atoms with Gasteiger partial charge in [-0.05, 0) is 31.3 Å². The molecule has 0 heterocycles.